The highest BCUT2D eigenvalue weighted by molar-refractivity contribution is 5.94. The number of aromatic nitrogens is 2. The maximum atomic E-state index is 12.7. The zero-order valence-electron chi connectivity index (χ0n) is 15.0. The molecule has 1 atom stereocenters. The summed E-state index contributed by atoms with van der Waals surface area (Å²) < 4.78 is 1.76. The van der Waals surface area contributed by atoms with Crippen LogP contribution in [0.2, 0.25) is 0 Å². The highest BCUT2D eigenvalue weighted by Gasteiger charge is 2.26. The molecule has 0 unspecified atom stereocenters. The Morgan fingerprint density at radius 1 is 1.41 bits per heavy atom. The van der Waals surface area contributed by atoms with Crippen LogP contribution < -0.4 is 0 Å². The van der Waals surface area contributed by atoms with Crippen molar-refractivity contribution in [3.8, 4) is 0 Å². The van der Waals surface area contributed by atoms with Gasteiger partial charge in [0, 0.05) is 31.5 Å². The summed E-state index contributed by atoms with van der Waals surface area (Å²) in [6, 6.07) is 2.55. The van der Waals surface area contributed by atoms with E-state index in [4.69, 9.17) is 0 Å². The average Bonchev–Trinajstić information content (AvgIpc) is 2.81. The van der Waals surface area contributed by atoms with Crippen molar-refractivity contribution in [1.82, 2.24) is 14.7 Å². The standard InChI is InChI=1S/C18H31N3O/c1-13(2)21-9-7-8-14(12-21)10-16(22)15-11-17(18(3,4)5)19-20(15)6/h11,13-14H,7-10,12H2,1-6H3/t14-/m0/s1. The van der Waals surface area contributed by atoms with Crippen molar-refractivity contribution in [1.29, 1.82) is 0 Å². The Bertz CT molecular complexity index is 525. The zero-order chi connectivity index (χ0) is 16.5. The highest BCUT2D eigenvalue weighted by Crippen LogP contribution is 2.25. The van der Waals surface area contributed by atoms with E-state index in [1.165, 1.54) is 19.4 Å². The van der Waals surface area contributed by atoms with Gasteiger partial charge in [0.2, 0.25) is 0 Å². The number of carbonyl (C=O) groups is 1. The number of hydrogen-bond acceptors (Lipinski definition) is 3. The first kappa shape index (κ1) is 17.2. The Kier molecular flexibility index (Phi) is 5.10. The molecule has 0 spiro atoms. The first-order valence-electron chi connectivity index (χ1n) is 8.50. The Hall–Kier alpha value is -1.16. The van der Waals surface area contributed by atoms with E-state index in [0.717, 1.165) is 17.9 Å². The second kappa shape index (κ2) is 6.53. The van der Waals surface area contributed by atoms with Gasteiger partial charge in [0.05, 0.1) is 5.69 Å². The van der Waals surface area contributed by atoms with Crippen LogP contribution in [0.1, 0.15) is 70.1 Å². The predicted octanol–water partition coefficient (Wildman–Crippen LogP) is 3.41. The highest BCUT2D eigenvalue weighted by atomic mass is 16.1. The number of ketones is 1. The van der Waals surface area contributed by atoms with Crippen molar-refractivity contribution in [2.24, 2.45) is 13.0 Å². The molecule has 4 heteroatoms. The maximum Gasteiger partial charge on any atom is 0.181 e. The molecular weight excluding hydrogens is 274 g/mol. The first-order chi connectivity index (χ1) is 10.2. The van der Waals surface area contributed by atoms with Crippen LogP contribution in [0.15, 0.2) is 6.07 Å². The van der Waals surface area contributed by atoms with E-state index in [-0.39, 0.29) is 11.2 Å². The molecule has 0 radical (unpaired) electrons. The fourth-order valence-electron chi connectivity index (χ4n) is 3.19. The summed E-state index contributed by atoms with van der Waals surface area (Å²) in [5.41, 5.74) is 1.73. The second-order valence-electron chi connectivity index (χ2n) is 8.01. The number of piperidine rings is 1. The molecule has 1 saturated heterocycles. The van der Waals surface area contributed by atoms with Crippen LogP contribution in [-0.2, 0) is 12.5 Å². The summed E-state index contributed by atoms with van der Waals surface area (Å²) in [6.45, 7) is 13.1. The summed E-state index contributed by atoms with van der Waals surface area (Å²) in [4.78, 5) is 15.2. The Labute approximate surface area is 134 Å². The molecule has 0 N–H and O–H groups in total. The van der Waals surface area contributed by atoms with E-state index in [9.17, 15) is 4.79 Å². The SMILES string of the molecule is CC(C)N1CCC[C@@H](CC(=O)c2cc(C(C)(C)C)nn2C)C1. The molecule has 4 nitrogen and oxygen atoms in total. The van der Waals surface area contributed by atoms with E-state index >= 15 is 0 Å². The number of nitrogens with zero attached hydrogens (tertiary/aromatic N) is 3. The van der Waals surface area contributed by atoms with Gasteiger partial charge in [-0.15, -0.1) is 0 Å². The van der Waals surface area contributed by atoms with Gasteiger partial charge in [-0.3, -0.25) is 9.48 Å². The van der Waals surface area contributed by atoms with E-state index in [1.807, 2.05) is 13.1 Å². The van der Waals surface area contributed by atoms with E-state index in [1.54, 1.807) is 4.68 Å². The summed E-state index contributed by atoms with van der Waals surface area (Å²) in [5, 5.41) is 4.52. The lowest BCUT2D eigenvalue weighted by molar-refractivity contribution is 0.0881. The third-order valence-electron chi connectivity index (χ3n) is 4.69. The third-order valence-corrected chi connectivity index (χ3v) is 4.69. The molecule has 1 aromatic heterocycles. The minimum atomic E-state index is -0.0183. The second-order valence-corrected chi connectivity index (χ2v) is 8.01. The molecule has 0 amide bonds. The van der Waals surface area contributed by atoms with Crippen molar-refractivity contribution < 1.29 is 4.79 Å². The van der Waals surface area contributed by atoms with Crippen molar-refractivity contribution in [2.75, 3.05) is 13.1 Å². The van der Waals surface area contributed by atoms with Gasteiger partial charge >= 0.3 is 0 Å². The van der Waals surface area contributed by atoms with E-state index in [0.29, 0.717) is 18.4 Å². The lowest BCUT2D eigenvalue weighted by atomic mass is 9.90. The van der Waals surface area contributed by atoms with Crippen LogP contribution in [-0.4, -0.2) is 39.6 Å². The predicted molar refractivity (Wildman–Crippen MR) is 90.3 cm³/mol. The third kappa shape index (κ3) is 3.97. The summed E-state index contributed by atoms with van der Waals surface area (Å²) >= 11 is 0. The zero-order valence-corrected chi connectivity index (χ0v) is 15.0. The van der Waals surface area contributed by atoms with Gasteiger partial charge in [0.15, 0.2) is 5.78 Å². The molecule has 0 aromatic carbocycles. The molecular formula is C18H31N3O. The van der Waals surface area contributed by atoms with E-state index in [2.05, 4.69) is 44.6 Å². The van der Waals surface area contributed by atoms with Gasteiger partial charge in [0.1, 0.15) is 5.69 Å². The van der Waals surface area contributed by atoms with Gasteiger partial charge in [0.25, 0.3) is 0 Å². The molecule has 1 aliphatic rings. The molecule has 2 rings (SSSR count). The largest absolute Gasteiger partial charge is 0.301 e. The molecule has 0 saturated carbocycles. The maximum absolute atomic E-state index is 12.7. The molecule has 1 aliphatic heterocycles. The number of hydrogen-bond donors (Lipinski definition) is 0. The summed E-state index contributed by atoms with van der Waals surface area (Å²) in [5.74, 6) is 0.720. The van der Waals surface area contributed by atoms with Crippen LogP contribution in [0, 0.1) is 5.92 Å². The normalized spacial score (nSPS) is 20.6. The monoisotopic (exact) mass is 305 g/mol. The number of rotatable bonds is 4. The Balaban J connectivity index is 2.05. The Morgan fingerprint density at radius 3 is 2.64 bits per heavy atom. The van der Waals surface area contributed by atoms with Crippen LogP contribution >= 0.6 is 0 Å². The summed E-state index contributed by atoms with van der Waals surface area (Å²) in [6.07, 6.45) is 3.01. The van der Waals surface area contributed by atoms with Crippen LogP contribution in [0.25, 0.3) is 0 Å². The lowest BCUT2D eigenvalue weighted by Crippen LogP contribution is -2.40. The lowest BCUT2D eigenvalue weighted by Gasteiger charge is -2.35. The minimum Gasteiger partial charge on any atom is -0.301 e. The van der Waals surface area contributed by atoms with Gasteiger partial charge in [-0.2, -0.15) is 5.10 Å². The molecule has 0 aliphatic carbocycles. The van der Waals surface area contributed by atoms with Gasteiger partial charge in [-0.25, -0.2) is 0 Å². The van der Waals surface area contributed by atoms with Crippen molar-refractivity contribution in [3.05, 3.63) is 17.5 Å². The van der Waals surface area contributed by atoms with Crippen molar-refractivity contribution in [2.45, 2.75) is 65.3 Å². The van der Waals surface area contributed by atoms with E-state index < -0.39 is 0 Å². The number of aryl methyl sites for hydroxylation is 1. The number of Topliss-reactive ketones (excluding diaryl/α,β-unsaturated/α-hetero) is 1. The molecule has 1 aromatic rings. The summed E-state index contributed by atoms with van der Waals surface area (Å²) in [7, 11) is 1.88. The molecule has 124 valence electrons. The van der Waals surface area contributed by atoms with Crippen LogP contribution in [0.5, 0.6) is 0 Å². The first-order valence-corrected chi connectivity index (χ1v) is 8.50. The Morgan fingerprint density at radius 2 is 2.09 bits per heavy atom. The van der Waals surface area contributed by atoms with Crippen molar-refractivity contribution >= 4 is 5.78 Å². The van der Waals surface area contributed by atoms with Gasteiger partial charge in [-0.1, -0.05) is 20.8 Å². The van der Waals surface area contributed by atoms with Crippen LogP contribution in [0.3, 0.4) is 0 Å². The number of carbonyl (C=O) groups excluding carboxylic acids is 1. The fraction of sp³-hybridized carbons (Fsp3) is 0.778. The van der Waals surface area contributed by atoms with Gasteiger partial charge in [-0.05, 0) is 45.2 Å². The molecule has 1 fully saturated rings. The topological polar surface area (TPSA) is 38.1 Å². The van der Waals surface area contributed by atoms with Crippen LogP contribution in [0.4, 0.5) is 0 Å². The fourth-order valence-corrected chi connectivity index (χ4v) is 3.19. The minimum absolute atomic E-state index is 0.0183. The molecule has 22 heavy (non-hydrogen) atoms. The molecule has 2 heterocycles. The quantitative estimate of drug-likeness (QED) is 0.800. The van der Waals surface area contributed by atoms with Gasteiger partial charge < -0.3 is 4.90 Å². The molecule has 0 bridgehead atoms. The average molecular weight is 305 g/mol. The van der Waals surface area contributed by atoms with Crippen molar-refractivity contribution in [3.63, 3.8) is 0 Å². The smallest absolute Gasteiger partial charge is 0.181 e. The number of likely N-dealkylation sites (tertiary alicyclic amines) is 1.